The summed E-state index contributed by atoms with van der Waals surface area (Å²) < 4.78 is 4.77. The van der Waals surface area contributed by atoms with Crippen molar-refractivity contribution in [1.29, 1.82) is 5.26 Å². The van der Waals surface area contributed by atoms with Crippen LogP contribution in [0.25, 0.3) is 6.08 Å². The molecule has 19 heavy (non-hydrogen) atoms. The zero-order valence-electron chi connectivity index (χ0n) is 9.98. The van der Waals surface area contributed by atoms with Gasteiger partial charge in [0.2, 0.25) is 5.91 Å². The van der Waals surface area contributed by atoms with Crippen LogP contribution in [0.5, 0.6) is 5.75 Å². The van der Waals surface area contributed by atoms with E-state index in [0.717, 1.165) is 5.56 Å². The Morgan fingerprint density at radius 2 is 2.21 bits per heavy atom. The molecule has 6 heteroatoms. The highest BCUT2D eigenvalue weighted by Crippen LogP contribution is 2.14. The number of methoxy groups -OCH3 is 1. The lowest BCUT2D eigenvalue weighted by molar-refractivity contribution is -0.115. The number of hydrogen-bond donors (Lipinski definition) is 1. The molecular formula is C13H10Cl2N2O2. The summed E-state index contributed by atoms with van der Waals surface area (Å²) in [6.45, 7) is 0. The summed E-state index contributed by atoms with van der Waals surface area (Å²) in [5.41, 5.74) is 0.595. The predicted octanol–water partition coefficient (Wildman–Crippen LogP) is 2.99. The van der Waals surface area contributed by atoms with Gasteiger partial charge in [-0.25, -0.2) is 0 Å². The van der Waals surface area contributed by atoms with Gasteiger partial charge in [-0.1, -0.05) is 35.3 Å². The molecule has 0 spiro atoms. The molecule has 0 radical (unpaired) electrons. The normalized spacial score (nSPS) is 9.79. The van der Waals surface area contributed by atoms with Crippen molar-refractivity contribution in [3.05, 3.63) is 46.1 Å². The van der Waals surface area contributed by atoms with Crippen LogP contribution < -0.4 is 10.1 Å². The first-order valence-corrected chi connectivity index (χ1v) is 5.91. The number of benzene rings is 1. The predicted molar refractivity (Wildman–Crippen MR) is 74.5 cm³/mol. The van der Waals surface area contributed by atoms with Crippen LogP contribution in [0.1, 0.15) is 5.56 Å². The van der Waals surface area contributed by atoms with Crippen molar-refractivity contribution in [3.8, 4) is 11.8 Å². The molecule has 0 unspecified atom stereocenters. The number of hydrogen-bond acceptors (Lipinski definition) is 3. The van der Waals surface area contributed by atoms with Crippen molar-refractivity contribution in [2.24, 2.45) is 0 Å². The second-order valence-electron chi connectivity index (χ2n) is 3.35. The van der Waals surface area contributed by atoms with Crippen molar-refractivity contribution >= 4 is 35.2 Å². The van der Waals surface area contributed by atoms with Gasteiger partial charge in [-0.05, 0) is 23.8 Å². The van der Waals surface area contributed by atoms with Crippen LogP contribution >= 0.6 is 23.2 Å². The van der Waals surface area contributed by atoms with E-state index in [4.69, 9.17) is 33.2 Å². The standard InChI is InChI=1S/C13H10Cl2N2O2/c1-19-10-4-2-3-9(7-10)5-6-12(18)17-11(8-16)13(14)15/h2-7H,1H3,(H,17,18)/b6-5+. The molecule has 0 aliphatic carbocycles. The Hall–Kier alpha value is -1.96. The summed E-state index contributed by atoms with van der Waals surface area (Å²) in [5.74, 6) is 0.183. The van der Waals surface area contributed by atoms with E-state index >= 15 is 0 Å². The van der Waals surface area contributed by atoms with Crippen molar-refractivity contribution in [2.45, 2.75) is 0 Å². The van der Waals surface area contributed by atoms with Gasteiger partial charge in [-0.2, -0.15) is 5.26 Å². The minimum absolute atomic E-state index is 0.191. The van der Waals surface area contributed by atoms with E-state index in [2.05, 4.69) is 5.32 Å². The molecular weight excluding hydrogens is 287 g/mol. The van der Waals surface area contributed by atoms with E-state index in [1.165, 1.54) is 6.08 Å². The SMILES string of the molecule is COc1cccc(/C=C/C(=O)NC(C#N)=C(Cl)Cl)c1. The van der Waals surface area contributed by atoms with Crippen LogP contribution in [0.2, 0.25) is 0 Å². The van der Waals surface area contributed by atoms with Crippen molar-refractivity contribution in [2.75, 3.05) is 7.11 Å². The molecule has 1 N–H and O–H groups in total. The molecule has 0 aliphatic heterocycles. The highest BCUT2D eigenvalue weighted by Gasteiger charge is 2.04. The number of nitriles is 1. The molecule has 0 heterocycles. The number of ether oxygens (including phenoxy) is 1. The number of allylic oxidation sites excluding steroid dienone is 1. The molecule has 0 saturated heterocycles. The quantitative estimate of drug-likeness (QED) is 0.686. The van der Waals surface area contributed by atoms with E-state index in [1.54, 1.807) is 37.5 Å². The summed E-state index contributed by atoms with van der Waals surface area (Å²) >= 11 is 10.8. The highest BCUT2D eigenvalue weighted by molar-refractivity contribution is 6.56. The molecule has 0 saturated carbocycles. The molecule has 0 bridgehead atoms. The Kier molecular flexibility index (Phi) is 5.94. The number of rotatable bonds is 4. The van der Waals surface area contributed by atoms with Crippen LogP contribution in [0.4, 0.5) is 0 Å². The van der Waals surface area contributed by atoms with Gasteiger partial charge in [0.05, 0.1) is 7.11 Å². The third-order valence-electron chi connectivity index (χ3n) is 2.07. The summed E-state index contributed by atoms with van der Waals surface area (Å²) in [6.07, 6.45) is 2.85. The Balaban J connectivity index is 2.74. The third-order valence-corrected chi connectivity index (χ3v) is 2.45. The topological polar surface area (TPSA) is 62.1 Å². The first kappa shape index (κ1) is 15.1. The molecule has 1 rings (SSSR count). The summed E-state index contributed by atoms with van der Waals surface area (Å²) in [5, 5.41) is 10.9. The van der Waals surface area contributed by atoms with Gasteiger partial charge in [0.15, 0.2) is 5.70 Å². The second kappa shape index (κ2) is 7.47. The average molecular weight is 297 g/mol. The van der Waals surface area contributed by atoms with Crippen molar-refractivity contribution in [1.82, 2.24) is 5.32 Å². The summed E-state index contributed by atoms with van der Waals surface area (Å²) in [4.78, 5) is 11.5. The Morgan fingerprint density at radius 1 is 1.47 bits per heavy atom. The van der Waals surface area contributed by atoms with Crippen LogP contribution in [-0.4, -0.2) is 13.0 Å². The Labute approximate surface area is 120 Å². The van der Waals surface area contributed by atoms with E-state index in [9.17, 15) is 4.79 Å². The molecule has 4 nitrogen and oxygen atoms in total. The molecule has 0 fully saturated rings. The number of halogens is 2. The minimum atomic E-state index is -0.502. The first-order chi connectivity index (χ1) is 9.06. The van der Waals surface area contributed by atoms with Gasteiger partial charge < -0.3 is 10.1 Å². The smallest absolute Gasteiger partial charge is 0.248 e. The average Bonchev–Trinajstić information content (AvgIpc) is 2.42. The van der Waals surface area contributed by atoms with E-state index in [-0.39, 0.29) is 10.2 Å². The molecule has 1 amide bonds. The van der Waals surface area contributed by atoms with Crippen LogP contribution in [0.3, 0.4) is 0 Å². The summed E-state index contributed by atoms with van der Waals surface area (Å²) in [7, 11) is 1.56. The van der Waals surface area contributed by atoms with Gasteiger partial charge in [-0.3, -0.25) is 4.79 Å². The van der Waals surface area contributed by atoms with E-state index in [1.807, 2.05) is 6.07 Å². The number of amides is 1. The third kappa shape index (κ3) is 5.04. The van der Waals surface area contributed by atoms with Crippen LogP contribution in [-0.2, 0) is 4.79 Å². The molecule has 0 aromatic heterocycles. The molecule has 0 atom stereocenters. The lowest BCUT2D eigenvalue weighted by Gasteiger charge is -2.01. The fraction of sp³-hybridized carbons (Fsp3) is 0.0769. The Morgan fingerprint density at radius 3 is 2.79 bits per heavy atom. The fourth-order valence-corrected chi connectivity index (χ4v) is 1.38. The van der Waals surface area contributed by atoms with Crippen LogP contribution in [0.15, 0.2) is 40.5 Å². The highest BCUT2D eigenvalue weighted by atomic mass is 35.5. The van der Waals surface area contributed by atoms with Gasteiger partial charge in [-0.15, -0.1) is 0 Å². The van der Waals surface area contributed by atoms with Gasteiger partial charge >= 0.3 is 0 Å². The number of carbonyl (C=O) groups excluding carboxylic acids is 1. The van der Waals surface area contributed by atoms with E-state index < -0.39 is 5.91 Å². The first-order valence-electron chi connectivity index (χ1n) is 5.15. The zero-order valence-corrected chi connectivity index (χ0v) is 11.5. The number of nitrogens with zero attached hydrogens (tertiary/aromatic N) is 1. The molecule has 0 aliphatic rings. The maximum absolute atomic E-state index is 11.5. The van der Waals surface area contributed by atoms with Crippen molar-refractivity contribution < 1.29 is 9.53 Å². The van der Waals surface area contributed by atoms with Gasteiger partial charge in [0.25, 0.3) is 0 Å². The maximum atomic E-state index is 11.5. The van der Waals surface area contributed by atoms with Crippen molar-refractivity contribution in [3.63, 3.8) is 0 Å². The lowest BCUT2D eigenvalue weighted by Crippen LogP contribution is -2.19. The molecule has 98 valence electrons. The lowest BCUT2D eigenvalue weighted by atomic mass is 10.2. The monoisotopic (exact) mass is 296 g/mol. The largest absolute Gasteiger partial charge is 0.497 e. The van der Waals surface area contributed by atoms with Gasteiger partial charge in [0.1, 0.15) is 16.3 Å². The number of carbonyl (C=O) groups is 1. The molecule has 1 aromatic rings. The van der Waals surface area contributed by atoms with Gasteiger partial charge in [0, 0.05) is 6.08 Å². The summed E-state index contributed by atoms with van der Waals surface area (Å²) in [6, 6.07) is 8.84. The fourth-order valence-electron chi connectivity index (χ4n) is 1.20. The Bertz CT molecular complexity index is 570. The van der Waals surface area contributed by atoms with Crippen LogP contribution in [0, 0.1) is 11.3 Å². The maximum Gasteiger partial charge on any atom is 0.248 e. The van der Waals surface area contributed by atoms with E-state index in [0.29, 0.717) is 5.75 Å². The minimum Gasteiger partial charge on any atom is -0.497 e. The second-order valence-corrected chi connectivity index (χ2v) is 4.30. The zero-order chi connectivity index (χ0) is 14.3. The number of nitrogens with one attached hydrogen (secondary N) is 1. The molecule has 1 aromatic carbocycles.